The van der Waals surface area contributed by atoms with Gasteiger partial charge in [-0.2, -0.15) is 13.2 Å². The molecule has 2 rings (SSSR count). The molecule has 1 heterocycles. The van der Waals surface area contributed by atoms with Gasteiger partial charge in [-0.1, -0.05) is 6.07 Å². The standard InChI is InChI=1S/C15H19BF3NO3/c1-9(21)20-12-8-10(6-7-11(12)15(17,18)19)16-22-13(2,3)14(4,5)23-16/h6-8H,1-5H3,(H,20,21). The van der Waals surface area contributed by atoms with Crippen LogP contribution in [-0.4, -0.2) is 24.2 Å². The lowest BCUT2D eigenvalue weighted by atomic mass is 9.78. The first kappa shape index (κ1) is 17.8. The number of anilines is 1. The SMILES string of the molecule is CC(=O)Nc1cc(B2OC(C)(C)C(C)(C)O2)ccc1C(F)(F)F. The number of hydrogen-bond acceptors (Lipinski definition) is 3. The third kappa shape index (κ3) is 3.53. The van der Waals surface area contributed by atoms with Crippen molar-refractivity contribution >= 4 is 24.2 Å². The van der Waals surface area contributed by atoms with Crippen LogP contribution in [0.15, 0.2) is 18.2 Å². The number of nitrogens with one attached hydrogen (secondary N) is 1. The summed E-state index contributed by atoms with van der Waals surface area (Å²) >= 11 is 0. The van der Waals surface area contributed by atoms with E-state index in [2.05, 4.69) is 5.32 Å². The first-order chi connectivity index (χ1) is 10.3. The molecule has 4 nitrogen and oxygen atoms in total. The predicted molar refractivity (Wildman–Crippen MR) is 81.5 cm³/mol. The zero-order valence-electron chi connectivity index (χ0n) is 13.7. The van der Waals surface area contributed by atoms with Gasteiger partial charge in [0.15, 0.2) is 0 Å². The van der Waals surface area contributed by atoms with Gasteiger partial charge in [0.2, 0.25) is 5.91 Å². The first-order valence-corrected chi connectivity index (χ1v) is 7.18. The molecule has 8 heteroatoms. The van der Waals surface area contributed by atoms with Gasteiger partial charge in [-0.15, -0.1) is 0 Å². The molecule has 23 heavy (non-hydrogen) atoms. The summed E-state index contributed by atoms with van der Waals surface area (Å²) < 4.78 is 50.8. The Morgan fingerprint density at radius 1 is 1.13 bits per heavy atom. The molecule has 0 unspecified atom stereocenters. The minimum absolute atomic E-state index is 0.308. The number of alkyl halides is 3. The molecule has 1 saturated heterocycles. The highest BCUT2D eigenvalue weighted by Crippen LogP contribution is 2.38. The van der Waals surface area contributed by atoms with Crippen LogP contribution in [0, 0.1) is 0 Å². The van der Waals surface area contributed by atoms with Crippen LogP contribution in [0.5, 0.6) is 0 Å². The van der Waals surface area contributed by atoms with Crippen molar-refractivity contribution in [2.45, 2.75) is 52.0 Å². The first-order valence-electron chi connectivity index (χ1n) is 7.18. The highest BCUT2D eigenvalue weighted by atomic mass is 19.4. The molecule has 0 atom stereocenters. The van der Waals surface area contributed by atoms with E-state index in [9.17, 15) is 18.0 Å². The minimum atomic E-state index is -4.56. The number of benzene rings is 1. The van der Waals surface area contributed by atoms with Gasteiger partial charge in [-0.05, 0) is 45.3 Å². The van der Waals surface area contributed by atoms with Gasteiger partial charge in [0.05, 0.1) is 22.5 Å². The molecule has 126 valence electrons. The van der Waals surface area contributed by atoms with Gasteiger partial charge in [0.1, 0.15) is 0 Å². The molecule has 0 saturated carbocycles. The summed E-state index contributed by atoms with van der Waals surface area (Å²) in [6.07, 6.45) is -4.56. The zero-order chi connectivity index (χ0) is 17.6. The highest BCUT2D eigenvalue weighted by molar-refractivity contribution is 6.62. The molecule has 1 aromatic carbocycles. The Kier molecular flexibility index (Phi) is 4.28. The van der Waals surface area contributed by atoms with Gasteiger partial charge in [-0.25, -0.2) is 0 Å². The average molecular weight is 329 g/mol. The van der Waals surface area contributed by atoms with Crippen molar-refractivity contribution in [3.63, 3.8) is 0 Å². The Hall–Kier alpha value is -1.54. The van der Waals surface area contributed by atoms with E-state index in [0.29, 0.717) is 5.46 Å². The van der Waals surface area contributed by atoms with Gasteiger partial charge in [-0.3, -0.25) is 4.79 Å². The van der Waals surface area contributed by atoms with Crippen molar-refractivity contribution < 1.29 is 27.3 Å². The maximum absolute atomic E-state index is 13.0. The van der Waals surface area contributed by atoms with E-state index >= 15 is 0 Å². The monoisotopic (exact) mass is 329 g/mol. The number of rotatable bonds is 2. The fourth-order valence-electron chi connectivity index (χ4n) is 2.23. The van der Waals surface area contributed by atoms with Crippen molar-refractivity contribution in [1.29, 1.82) is 0 Å². The second-order valence-corrected chi connectivity index (χ2v) is 6.57. The summed E-state index contributed by atoms with van der Waals surface area (Å²) in [5.74, 6) is -0.582. The number of carbonyl (C=O) groups excluding carboxylic acids is 1. The third-order valence-corrected chi connectivity index (χ3v) is 4.19. The lowest BCUT2D eigenvalue weighted by molar-refractivity contribution is -0.136. The van der Waals surface area contributed by atoms with E-state index in [-0.39, 0.29) is 5.69 Å². The molecule has 0 aromatic heterocycles. The maximum atomic E-state index is 13.0. The molecule has 1 N–H and O–H groups in total. The minimum Gasteiger partial charge on any atom is -0.399 e. The molecule has 1 amide bonds. The topological polar surface area (TPSA) is 47.6 Å². The van der Waals surface area contributed by atoms with Crippen molar-refractivity contribution in [2.24, 2.45) is 0 Å². The summed E-state index contributed by atoms with van der Waals surface area (Å²) in [7, 11) is -0.796. The van der Waals surface area contributed by atoms with E-state index in [1.807, 2.05) is 27.7 Å². The van der Waals surface area contributed by atoms with Crippen molar-refractivity contribution in [3.05, 3.63) is 23.8 Å². The molecule has 1 fully saturated rings. The van der Waals surface area contributed by atoms with Crippen LogP contribution in [0.1, 0.15) is 40.2 Å². The summed E-state index contributed by atoms with van der Waals surface area (Å²) in [4.78, 5) is 11.2. The van der Waals surface area contributed by atoms with E-state index in [4.69, 9.17) is 9.31 Å². The van der Waals surface area contributed by atoms with Crippen LogP contribution >= 0.6 is 0 Å². The fraction of sp³-hybridized carbons (Fsp3) is 0.533. The Bertz CT molecular complexity index is 613. The van der Waals surface area contributed by atoms with Crippen LogP contribution in [0.25, 0.3) is 0 Å². The number of halogens is 3. The zero-order valence-corrected chi connectivity index (χ0v) is 13.7. The summed E-state index contributed by atoms with van der Waals surface area (Å²) in [5.41, 5.74) is -2.01. The molecular formula is C15H19BF3NO3. The smallest absolute Gasteiger partial charge is 0.399 e. The molecule has 0 spiro atoms. The predicted octanol–water partition coefficient (Wildman–Crippen LogP) is 2.96. The highest BCUT2D eigenvalue weighted by Gasteiger charge is 2.52. The summed E-state index contributed by atoms with van der Waals surface area (Å²) in [6, 6.07) is 3.47. The average Bonchev–Trinajstić information content (AvgIpc) is 2.56. The fourth-order valence-corrected chi connectivity index (χ4v) is 2.23. The van der Waals surface area contributed by atoms with E-state index in [0.717, 1.165) is 13.0 Å². The normalized spacial score (nSPS) is 19.7. The molecular weight excluding hydrogens is 310 g/mol. The van der Waals surface area contributed by atoms with Crippen LogP contribution in [0.4, 0.5) is 18.9 Å². The maximum Gasteiger partial charge on any atom is 0.494 e. The molecule has 1 aromatic rings. The van der Waals surface area contributed by atoms with E-state index in [1.54, 1.807) is 0 Å². The second-order valence-electron chi connectivity index (χ2n) is 6.57. The van der Waals surface area contributed by atoms with Gasteiger partial charge < -0.3 is 14.6 Å². The number of hydrogen-bond donors (Lipinski definition) is 1. The number of carbonyl (C=O) groups is 1. The third-order valence-electron chi connectivity index (χ3n) is 4.19. The Morgan fingerprint density at radius 2 is 1.65 bits per heavy atom. The van der Waals surface area contributed by atoms with E-state index < -0.39 is 36.0 Å². The van der Waals surface area contributed by atoms with Crippen molar-refractivity contribution in [3.8, 4) is 0 Å². The largest absolute Gasteiger partial charge is 0.494 e. The van der Waals surface area contributed by atoms with Gasteiger partial charge in [0.25, 0.3) is 0 Å². The van der Waals surface area contributed by atoms with Crippen LogP contribution in [0.3, 0.4) is 0 Å². The lowest BCUT2D eigenvalue weighted by Gasteiger charge is -2.32. The number of amides is 1. The summed E-state index contributed by atoms with van der Waals surface area (Å²) in [6.45, 7) is 8.57. The Labute approximate surface area is 133 Å². The quantitative estimate of drug-likeness (QED) is 0.849. The summed E-state index contributed by atoms with van der Waals surface area (Å²) in [5, 5.41) is 2.22. The van der Waals surface area contributed by atoms with Gasteiger partial charge in [0, 0.05) is 6.92 Å². The van der Waals surface area contributed by atoms with Crippen molar-refractivity contribution in [2.75, 3.05) is 5.32 Å². The van der Waals surface area contributed by atoms with Crippen LogP contribution in [0.2, 0.25) is 0 Å². The second kappa shape index (κ2) is 5.52. The molecule has 1 aliphatic rings. The Morgan fingerprint density at radius 3 is 2.09 bits per heavy atom. The van der Waals surface area contributed by atoms with Gasteiger partial charge >= 0.3 is 13.3 Å². The molecule has 0 bridgehead atoms. The van der Waals surface area contributed by atoms with Crippen LogP contribution in [-0.2, 0) is 20.3 Å². The van der Waals surface area contributed by atoms with E-state index in [1.165, 1.54) is 12.1 Å². The lowest BCUT2D eigenvalue weighted by Crippen LogP contribution is -2.41. The molecule has 0 radical (unpaired) electrons. The Balaban J connectivity index is 2.41. The molecule has 1 aliphatic heterocycles. The van der Waals surface area contributed by atoms with Crippen LogP contribution < -0.4 is 10.8 Å². The molecule has 0 aliphatic carbocycles. The van der Waals surface area contributed by atoms with Crippen molar-refractivity contribution in [1.82, 2.24) is 0 Å².